The van der Waals surface area contributed by atoms with Crippen molar-refractivity contribution in [1.29, 1.82) is 0 Å². The molecule has 1 heterocycles. The normalized spacial score (nSPS) is 26.4. The van der Waals surface area contributed by atoms with E-state index >= 15 is 0 Å². The van der Waals surface area contributed by atoms with Crippen molar-refractivity contribution in [2.45, 2.75) is 32.2 Å². The second-order valence-corrected chi connectivity index (χ2v) is 3.63. The van der Waals surface area contributed by atoms with Crippen LogP contribution in [0.3, 0.4) is 0 Å². The molecular weight excluding hydrogens is 188 g/mol. The molecule has 0 aliphatic carbocycles. The van der Waals surface area contributed by atoms with Gasteiger partial charge in [0.15, 0.2) is 5.79 Å². The van der Waals surface area contributed by atoms with E-state index in [9.17, 15) is 9.90 Å². The van der Waals surface area contributed by atoms with Gasteiger partial charge in [-0.1, -0.05) is 0 Å². The number of rotatable bonds is 3. The molecule has 0 aromatic carbocycles. The van der Waals surface area contributed by atoms with Gasteiger partial charge in [0.2, 0.25) is 0 Å². The molecule has 0 aromatic rings. The highest BCUT2D eigenvalue weighted by atomic mass is 16.7. The topological polar surface area (TPSA) is 76.0 Å². The minimum absolute atomic E-state index is 0.162. The number of aliphatic hydroxyl groups excluding tert-OH is 1. The van der Waals surface area contributed by atoms with Gasteiger partial charge in [-0.15, -0.1) is 0 Å². The molecular formula is C9H14O5. The number of hydrogen-bond donors (Lipinski definition) is 2. The Morgan fingerprint density at radius 2 is 2.21 bits per heavy atom. The van der Waals surface area contributed by atoms with Crippen LogP contribution in [0.15, 0.2) is 11.8 Å². The number of ether oxygens (including phenoxy) is 2. The Kier molecular flexibility index (Phi) is 3.13. The quantitative estimate of drug-likeness (QED) is 0.528. The highest BCUT2D eigenvalue weighted by Crippen LogP contribution is 2.25. The number of carbonyl (C=O) groups is 1. The van der Waals surface area contributed by atoms with Crippen LogP contribution in [0, 0.1) is 0 Å². The summed E-state index contributed by atoms with van der Waals surface area (Å²) in [6.07, 6.45) is 0.644. The van der Waals surface area contributed by atoms with E-state index in [0.29, 0.717) is 6.61 Å². The first-order valence-electron chi connectivity index (χ1n) is 4.33. The highest BCUT2D eigenvalue weighted by molar-refractivity contribution is 5.80. The number of carboxylic acids is 1. The Hall–Kier alpha value is -1.07. The molecule has 0 saturated carbocycles. The minimum atomic E-state index is -1.17. The lowest BCUT2D eigenvalue weighted by Crippen LogP contribution is -2.21. The molecule has 0 aromatic heterocycles. The molecule has 1 rings (SSSR count). The van der Waals surface area contributed by atoms with E-state index < -0.39 is 11.8 Å². The zero-order chi connectivity index (χ0) is 10.8. The molecule has 0 spiro atoms. The van der Waals surface area contributed by atoms with Crippen LogP contribution in [0.1, 0.15) is 20.3 Å². The van der Waals surface area contributed by atoms with Gasteiger partial charge in [0, 0.05) is 6.42 Å². The Labute approximate surface area is 81.9 Å². The van der Waals surface area contributed by atoms with Gasteiger partial charge in [-0.3, -0.25) is 0 Å². The SMILES string of the molecule is CC1(C)OCC(C/C(O)=C\C(=O)O)O1. The molecule has 0 radical (unpaired) electrons. The van der Waals surface area contributed by atoms with Crippen LogP contribution in [0.4, 0.5) is 0 Å². The molecule has 0 amide bonds. The monoisotopic (exact) mass is 202 g/mol. The van der Waals surface area contributed by atoms with Gasteiger partial charge in [0.1, 0.15) is 5.76 Å². The molecule has 1 aliphatic heterocycles. The molecule has 2 N–H and O–H groups in total. The first kappa shape index (κ1) is 11.0. The van der Waals surface area contributed by atoms with Crippen molar-refractivity contribution in [1.82, 2.24) is 0 Å². The Morgan fingerprint density at radius 3 is 2.64 bits per heavy atom. The van der Waals surface area contributed by atoms with Crippen molar-refractivity contribution in [3.05, 3.63) is 11.8 Å². The summed E-state index contributed by atoms with van der Waals surface area (Å²) < 4.78 is 10.6. The van der Waals surface area contributed by atoms with E-state index in [0.717, 1.165) is 6.08 Å². The Bertz CT molecular complexity index is 256. The van der Waals surface area contributed by atoms with Crippen LogP contribution >= 0.6 is 0 Å². The summed E-state index contributed by atoms with van der Waals surface area (Å²) in [7, 11) is 0. The van der Waals surface area contributed by atoms with Crippen LogP contribution < -0.4 is 0 Å². The number of aliphatic hydroxyl groups is 1. The Morgan fingerprint density at radius 1 is 1.57 bits per heavy atom. The van der Waals surface area contributed by atoms with E-state index in [-0.39, 0.29) is 18.3 Å². The zero-order valence-electron chi connectivity index (χ0n) is 8.19. The summed E-state index contributed by atoms with van der Waals surface area (Å²) in [5.41, 5.74) is 0. The molecule has 14 heavy (non-hydrogen) atoms. The second-order valence-electron chi connectivity index (χ2n) is 3.63. The van der Waals surface area contributed by atoms with Gasteiger partial charge in [-0.25, -0.2) is 4.79 Å². The van der Waals surface area contributed by atoms with Crippen LogP contribution in [-0.4, -0.2) is 34.7 Å². The van der Waals surface area contributed by atoms with Crippen molar-refractivity contribution in [2.24, 2.45) is 0 Å². The van der Waals surface area contributed by atoms with Crippen LogP contribution in [0.2, 0.25) is 0 Å². The maximum atomic E-state index is 10.2. The van der Waals surface area contributed by atoms with Crippen LogP contribution in [0.5, 0.6) is 0 Å². The molecule has 1 saturated heterocycles. The minimum Gasteiger partial charge on any atom is -0.512 e. The lowest BCUT2D eigenvalue weighted by molar-refractivity contribution is -0.138. The van der Waals surface area contributed by atoms with Crippen molar-refractivity contribution in [3.63, 3.8) is 0 Å². The summed E-state index contributed by atoms with van der Waals surface area (Å²) in [5, 5.41) is 17.5. The molecule has 5 heteroatoms. The van der Waals surface area contributed by atoms with Gasteiger partial charge in [-0.05, 0) is 13.8 Å². The van der Waals surface area contributed by atoms with E-state index in [1.807, 2.05) is 0 Å². The van der Waals surface area contributed by atoms with Crippen LogP contribution in [0.25, 0.3) is 0 Å². The van der Waals surface area contributed by atoms with Gasteiger partial charge in [-0.2, -0.15) is 0 Å². The fourth-order valence-electron chi connectivity index (χ4n) is 1.30. The van der Waals surface area contributed by atoms with E-state index in [1.54, 1.807) is 13.8 Å². The predicted molar refractivity (Wildman–Crippen MR) is 47.9 cm³/mol. The van der Waals surface area contributed by atoms with Gasteiger partial charge in [0.05, 0.1) is 18.8 Å². The number of carboxylic acid groups (broad SMARTS) is 1. The fraction of sp³-hybridized carbons (Fsp3) is 0.667. The summed E-state index contributed by atoms with van der Waals surface area (Å²) in [5.74, 6) is -2.02. The maximum Gasteiger partial charge on any atom is 0.331 e. The highest BCUT2D eigenvalue weighted by Gasteiger charge is 2.32. The third-order valence-electron chi connectivity index (χ3n) is 1.79. The van der Waals surface area contributed by atoms with Gasteiger partial charge < -0.3 is 19.7 Å². The third-order valence-corrected chi connectivity index (χ3v) is 1.79. The lowest BCUT2D eigenvalue weighted by Gasteiger charge is -2.16. The molecule has 1 aliphatic rings. The van der Waals surface area contributed by atoms with Crippen molar-refractivity contribution >= 4 is 5.97 Å². The predicted octanol–water partition coefficient (Wildman–Crippen LogP) is 1.05. The van der Waals surface area contributed by atoms with Crippen LogP contribution in [-0.2, 0) is 14.3 Å². The molecule has 80 valence electrons. The molecule has 1 unspecified atom stereocenters. The molecule has 0 bridgehead atoms. The van der Waals surface area contributed by atoms with Gasteiger partial charge >= 0.3 is 5.97 Å². The molecule has 1 fully saturated rings. The summed E-state index contributed by atoms with van der Waals surface area (Å²) in [6.45, 7) is 3.90. The van der Waals surface area contributed by atoms with E-state index in [4.69, 9.17) is 14.6 Å². The zero-order valence-corrected chi connectivity index (χ0v) is 8.19. The number of aliphatic carboxylic acids is 1. The first-order valence-corrected chi connectivity index (χ1v) is 4.33. The molecule has 5 nitrogen and oxygen atoms in total. The summed E-state index contributed by atoms with van der Waals surface area (Å²) in [6, 6.07) is 0. The van der Waals surface area contributed by atoms with Gasteiger partial charge in [0.25, 0.3) is 0 Å². The average Bonchev–Trinajstić information content (AvgIpc) is 2.27. The second kappa shape index (κ2) is 3.98. The van der Waals surface area contributed by atoms with E-state index in [2.05, 4.69) is 0 Å². The summed E-state index contributed by atoms with van der Waals surface area (Å²) >= 11 is 0. The van der Waals surface area contributed by atoms with E-state index in [1.165, 1.54) is 0 Å². The van der Waals surface area contributed by atoms with Crippen molar-refractivity contribution < 1.29 is 24.5 Å². The standard InChI is InChI=1S/C9H14O5/c1-9(2)13-5-7(14-9)3-6(10)4-8(11)12/h4,7,10H,3,5H2,1-2H3,(H,11,12)/b6-4+. The largest absolute Gasteiger partial charge is 0.512 e. The Balaban J connectivity index is 2.43. The van der Waals surface area contributed by atoms with Crippen molar-refractivity contribution in [3.8, 4) is 0 Å². The lowest BCUT2D eigenvalue weighted by atomic mass is 10.2. The number of hydrogen-bond acceptors (Lipinski definition) is 4. The molecule has 1 atom stereocenters. The first-order chi connectivity index (χ1) is 6.39. The average molecular weight is 202 g/mol. The smallest absolute Gasteiger partial charge is 0.331 e. The summed E-state index contributed by atoms with van der Waals surface area (Å²) in [4.78, 5) is 10.2. The third kappa shape index (κ3) is 3.35. The van der Waals surface area contributed by atoms with Crippen molar-refractivity contribution in [2.75, 3.05) is 6.61 Å². The fourth-order valence-corrected chi connectivity index (χ4v) is 1.30. The maximum absolute atomic E-state index is 10.2.